The lowest BCUT2D eigenvalue weighted by Crippen LogP contribution is -2.81. The van der Waals surface area contributed by atoms with Gasteiger partial charge in [-0.1, -0.05) is 13.8 Å². The van der Waals surface area contributed by atoms with E-state index in [0.29, 0.717) is 0 Å². The third-order valence-electron chi connectivity index (χ3n) is 3.64. The van der Waals surface area contributed by atoms with Crippen molar-refractivity contribution in [3.63, 3.8) is 0 Å². The molecule has 7 heteroatoms. The fourth-order valence-electron chi connectivity index (χ4n) is 2.43. The lowest BCUT2D eigenvalue weighted by molar-refractivity contribution is -0.271. The molecule has 0 aliphatic carbocycles. The second-order valence-corrected chi connectivity index (χ2v) is 4.95. The molecule has 0 aromatic carbocycles. The Kier molecular flexibility index (Phi) is 2.12. The molecule has 2 saturated heterocycles. The largest absolute Gasteiger partial charge is 0.447 e. The summed E-state index contributed by atoms with van der Waals surface area (Å²) in [7, 11) is 0. The number of alkyl halides is 2. The Morgan fingerprint density at radius 2 is 1.88 bits per heavy atom. The van der Waals surface area contributed by atoms with Crippen molar-refractivity contribution in [2.45, 2.75) is 43.9 Å². The highest BCUT2D eigenvalue weighted by Crippen LogP contribution is 2.55. The first kappa shape index (κ1) is 12.2. The van der Waals surface area contributed by atoms with Gasteiger partial charge in [0.05, 0.1) is 6.10 Å². The first-order valence-corrected chi connectivity index (χ1v) is 5.23. The van der Waals surface area contributed by atoms with Crippen molar-refractivity contribution in [2.24, 2.45) is 5.92 Å². The van der Waals surface area contributed by atoms with E-state index in [0.717, 1.165) is 6.92 Å². The van der Waals surface area contributed by atoms with Gasteiger partial charge in [0.15, 0.2) is 0 Å². The SMILES string of the molecule is CC(C)[C@H](O)[C@@]12NC(=O)C(F)(F)[C@]1(C)OC2=O. The normalized spacial score (nSPS) is 40.4. The zero-order chi connectivity index (χ0) is 13.2. The molecule has 0 aromatic rings. The van der Waals surface area contributed by atoms with Gasteiger partial charge in [-0.25, -0.2) is 4.79 Å². The third-order valence-corrected chi connectivity index (χ3v) is 3.64. The van der Waals surface area contributed by atoms with Gasteiger partial charge in [-0.3, -0.25) is 4.79 Å². The third kappa shape index (κ3) is 1.01. The van der Waals surface area contributed by atoms with E-state index in [9.17, 15) is 23.5 Å². The lowest BCUT2D eigenvalue weighted by atomic mass is 9.69. The Morgan fingerprint density at radius 1 is 1.35 bits per heavy atom. The molecule has 96 valence electrons. The minimum absolute atomic E-state index is 0.476. The standard InChI is InChI=1S/C10H13F2NO4/c1-4(2)5(14)9-7(16)17-8(9,3)10(11,12)6(15)13-9/h4-5,14H,1-3H3,(H,13,15)/t5-,8+,9-/m0/s1. The van der Waals surface area contributed by atoms with Gasteiger partial charge in [-0.15, -0.1) is 0 Å². The van der Waals surface area contributed by atoms with E-state index in [-0.39, 0.29) is 0 Å². The van der Waals surface area contributed by atoms with Gasteiger partial charge in [0.1, 0.15) is 0 Å². The maximum atomic E-state index is 13.7. The number of amides is 1. The van der Waals surface area contributed by atoms with Crippen molar-refractivity contribution in [3.8, 4) is 0 Å². The van der Waals surface area contributed by atoms with Gasteiger partial charge in [0, 0.05) is 0 Å². The second kappa shape index (κ2) is 2.95. The average Bonchev–Trinajstić information content (AvgIpc) is 2.33. The predicted octanol–water partition coefficient (Wildman–Crippen LogP) is -0.177. The molecule has 2 N–H and O–H groups in total. The second-order valence-electron chi connectivity index (χ2n) is 4.95. The predicted molar refractivity (Wildman–Crippen MR) is 51.2 cm³/mol. The number of rotatable bonds is 2. The van der Waals surface area contributed by atoms with Gasteiger partial charge >= 0.3 is 11.9 Å². The molecule has 0 radical (unpaired) electrons. The summed E-state index contributed by atoms with van der Waals surface area (Å²) in [5.41, 5.74) is -4.36. The first-order chi connectivity index (χ1) is 7.61. The first-order valence-electron chi connectivity index (χ1n) is 5.23. The highest BCUT2D eigenvalue weighted by Gasteiger charge is 2.87. The number of nitrogens with one attached hydrogen (secondary N) is 1. The van der Waals surface area contributed by atoms with E-state index in [2.05, 4.69) is 4.74 Å². The van der Waals surface area contributed by atoms with Crippen LogP contribution in [0.15, 0.2) is 0 Å². The van der Waals surface area contributed by atoms with E-state index in [1.807, 2.05) is 5.32 Å². The van der Waals surface area contributed by atoms with Crippen molar-refractivity contribution < 1.29 is 28.2 Å². The smallest absolute Gasteiger partial charge is 0.365 e. The molecule has 2 rings (SSSR count). The van der Waals surface area contributed by atoms with Crippen molar-refractivity contribution in [2.75, 3.05) is 0 Å². The van der Waals surface area contributed by atoms with Crippen LogP contribution in [-0.2, 0) is 14.3 Å². The molecule has 0 bridgehead atoms. The molecule has 0 unspecified atom stereocenters. The fraction of sp³-hybridized carbons (Fsp3) is 0.800. The van der Waals surface area contributed by atoms with Gasteiger partial charge in [-0.05, 0) is 12.8 Å². The maximum Gasteiger partial charge on any atom is 0.365 e. The number of fused-ring (bicyclic) bond motifs is 1. The highest BCUT2D eigenvalue weighted by atomic mass is 19.3. The maximum absolute atomic E-state index is 13.7. The van der Waals surface area contributed by atoms with Gasteiger partial charge in [0.25, 0.3) is 5.91 Å². The molecule has 5 nitrogen and oxygen atoms in total. The number of esters is 1. The Bertz CT molecular complexity index is 411. The van der Waals surface area contributed by atoms with E-state index in [1.165, 1.54) is 0 Å². The van der Waals surface area contributed by atoms with Gasteiger partial charge in [-0.2, -0.15) is 8.78 Å². The van der Waals surface area contributed by atoms with Crippen molar-refractivity contribution >= 4 is 11.9 Å². The number of aliphatic hydroxyl groups excluding tert-OH is 1. The van der Waals surface area contributed by atoms with Crippen molar-refractivity contribution in [1.82, 2.24) is 5.32 Å². The summed E-state index contributed by atoms with van der Waals surface area (Å²) in [5.74, 6) is -6.93. The summed E-state index contributed by atoms with van der Waals surface area (Å²) < 4.78 is 31.8. The highest BCUT2D eigenvalue weighted by molar-refractivity contribution is 6.04. The summed E-state index contributed by atoms with van der Waals surface area (Å²) >= 11 is 0. The Labute approximate surface area is 96.1 Å². The van der Waals surface area contributed by atoms with Crippen molar-refractivity contribution in [1.29, 1.82) is 0 Å². The molecule has 1 amide bonds. The quantitative estimate of drug-likeness (QED) is 0.666. The number of ether oxygens (including phenoxy) is 1. The molecule has 17 heavy (non-hydrogen) atoms. The summed E-state index contributed by atoms with van der Waals surface area (Å²) in [6, 6.07) is 0. The number of hydrogen-bond donors (Lipinski definition) is 2. The molecule has 2 heterocycles. The number of hydrogen-bond acceptors (Lipinski definition) is 4. The van der Waals surface area contributed by atoms with E-state index < -0.39 is 41.0 Å². The molecule has 2 fully saturated rings. The minimum Gasteiger partial charge on any atom is -0.447 e. The van der Waals surface area contributed by atoms with Crippen molar-refractivity contribution in [3.05, 3.63) is 0 Å². The lowest BCUT2D eigenvalue weighted by Gasteiger charge is -2.52. The van der Waals surface area contributed by atoms with Crippen LogP contribution in [0.4, 0.5) is 8.78 Å². The zero-order valence-corrected chi connectivity index (χ0v) is 9.58. The average molecular weight is 249 g/mol. The fourth-order valence-corrected chi connectivity index (χ4v) is 2.43. The Hall–Kier alpha value is -1.24. The zero-order valence-electron chi connectivity index (χ0n) is 9.58. The summed E-state index contributed by atoms with van der Waals surface area (Å²) in [6.07, 6.45) is -1.42. The van der Waals surface area contributed by atoms with Crippen LogP contribution in [0.3, 0.4) is 0 Å². The van der Waals surface area contributed by atoms with Crippen LogP contribution in [-0.4, -0.2) is 40.1 Å². The van der Waals surface area contributed by atoms with E-state index in [1.54, 1.807) is 13.8 Å². The van der Waals surface area contributed by atoms with Crippen LogP contribution in [0.1, 0.15) is 20.8 Å². The molecule has 2 aliphatic rings. The molecule has 0 spiro atoms. The minimum atomic E-state index is -3.84. The Morgan fingerprint density at radius 3 is 2.24 bits per heavy atom. The molecular formula is C10H13F2NO4. The topological polar surface area (TPSA) is 75.6 Å². The Balaban J connectivity index is 2.53. The van der Waals surface area contributed by atoms with Crippen LogP contribution in [0.5, 0.6) is 0 Å². The van der Waals surface area contributed by atoms with Crippen LogP contribution >= 0.6 is 0 Å². The van der Waals surface area contributed by atoms with Crippen LogP contribution in [0.2, 0.25) is 0 Å². The summed E-state index contributed by atoms with van der Waals surface area (Å²) in [5, 5.41) is 11.9. The number of halogens is 2. The number of carbonyl (C=O) groups excluding carboxylic acids is 2. The van der Waals surface area contributed by atoms with Gasteiger partial charge in [0.2, 0.25) is 11.1 Å². The number of carbonyl (C=O) groups is 2. The molecule has 3 atom stereocenters. The number of aliphatic hydroxyl groups is 1. The van der Waals surface area contributed by atoms with E-state index >= 15 is 0 Å². The monoisotopic (exact) mass is 249 g/mol. The molecule has 0 saturated carbocycles. The molecule has 2 aliphatic heterocycles. The summed E-state index contributed by atoms with van der Waals surface area (Å²) in [4.78, 5) is 22.7. The molecule has 0 aromatic heterocycles. The molecular weight excluding hydrogens is 236 g/mol. The van der Waals surface area contributed by atoms with Gasteiger partial charge < -0.3 is 15.2 Å². The summed E-state index contributed by atoms with van der Waals surface area (Å²) in [6.45, 7) is 4.08. The van der Waals surface area contributed by atoms with Crippen LogP contribution < -0.4 is 5.32 Å². The van der Waals surface area contributed by atoms with Crippen LogP contribution in [0, 0.1) is 5.92 Å². The van der Waals surface area contributed by atoms with E-state index in [4.69, 9.17) is 0 Å². The van der Waals surface area contributed by atoms with Crippen LogP contribution in [0.25, 0.3) is 0 Å².